The number of amides is 1. The van der Waals surface area contributed by atoms with E-state index in [4.69, 9.17) is 14.6 Å². The molecule has 0 saturated carbocycles. The highest BCUT2D eigenvalue weighted by Crippen LogP contribution is 2.17. The van der Waals surface area contributed by atoms with Gasteiger partial charge in [-0.25, -0.2) is 9.59 Å². The van der Waals surface area contributed by atoms with Crippen molar-refractivity contribution in [3.05, 3.63) is 29.3 Å². The number of carbonyl (C=O) groups is 2. The number of ether oxygens (including phenoxy) is 2. The van der Waals surface area contributed by atoms with E-state index in [1.165, 1.54) is 0 Å². The Balaban J connectivity index is 1.73. The number of nitrogens with zero attached hydrogens (tertiary/aromatic N) is 2. The molecule has 2 rings (SSSR count). The van der Waals surface area contributed by atoms with Gasteiger partial charge in [-0.1, -0.05) is 0 Å². The lowest BCUT2D eigenvalue weighted by Crippen LogP contribution is -2.50. The number of hydrogen-bond acceptors (Lipinski definition) is 5. The van der Waals surface area contributed by atoms with Crippen molar-refractivity contribution in [3.8, 4) is 5.75 Å². The number of carbonyl (C=O) groups excluding carboxylic acids is 1. The van der Waals surface area contributed by atoms with Crippen LogP contribution in [0.5, 0.6) is 5.75 Å². The predicted octanol–water partition coefficient (Wildman–Crippen LogP) is 2.62. The summed E-state index contributed by atoms with van der Waals surface area (Å²) in [6.07, 6.45) is -0.262. The first-order valence-electron chi connectivity index (χ1n) is 8.83. The van der Waals surface area contributed by atoms with Crippen LogP contribution in [-0.4, -0.2) is 71.9 Å². The van der Waals surface area contributed by atoms with Crippen molar-refractivity contribution in [2.45, 2.75) is 33.3 Å². The normalized spacial score (nSPS) is 15.6. The van der Waals surface area contributed by atoms with Crippen molar-refractivity contribution in [1.29, 1.82) is 0 Å². The van der Waals surface area contributed by atoms with Crippen LogP contribution in [0.2, 0.25) is 0 Å². The minimum atomic E-state index is -0.933. The van der Waals surface area contributed by atoms with Gasteiger partial charge >= 0.3 is 12.1 Å². The average molecular weight is 364 g/mol. The van der Waals surface area contributed by atoms with Crippen LogP contribution in [0.3, 0.4) is 0 Å². The number of hydrogen-bond donors (Lipinski definition) is 1. The maximum Gasteiger partial charge on any atom is 0.410 e. The molecule has 0 radical (unpaired) electrons. The van der Waals surface area contributed by atoms with Crippen molar-refractivity contribution >= 4 is 12.1 Å². The van der Waals surface area contributed by atoms with E-state index >= 15 is 0 Å². The molecule has 1 aromatic carbocycles. The van der Waals surface area contributed by atoms with Crippen LogP contribution >= 0.6 is 0 Å². The van der Waals surface area contributed by atoms with Crippen LogP contribution in [-0.2, 0) is 4.74 Å². The quantitative estimate of drug-likeness (QED) is 0.865. The summed E-state index contributed by atoms with van der Waals surface area (Å²) in [5.74, 6) is -0.267. The highest BCUT2D eigenvalue weighted by molar-refractivity contribution is 5.89. The van der Waals surface area contributed by atoms with E-state index in [2.05, 4.69) is 4.90 Å². The molecule has 0 bridgehead atoms. The van der Waals surface area contributed by atoms with Gasteiger partial charge in [-0.3, -0.25) is 4.90 Å². The van der Waals surface area contributed by atoms with Crippen molar-refractivity contribution in [1.82, 2.24) is 9.80 Å². The lowest BCUT2D eigenvalue weighted by atomic mass is 10.1. The van der Waals surface area contributed by atoms with Crippen LogP contribution in [0.25, 0.3) is 0 Å². The molecule has 0 unspecified atom stereocenters. The summed E-state index contributed by atoms with van der Waals surface area (Å²) in [4.78, 5) is 27.0. The first kappa shape index (κ1) is 20.0. The average Bonchev–Trinajstić information content (AvgIpc) is 2.53. The predicted molar refractivity (Wildman–Crippen MR) is 97.9 cm³/mol. The number of aromatic carboxylic acids is 1. The number of benzene rings is 1. The van der Waals surface area contributed by atoms with Gasteiger partial charge < -0.3 is 19.5 Å². The number of carboxylic acid groups (broad SMARTS) is 1. The first-order chi connectivity index (χ1) is 12.2. The van der Waals surface area contributed by atoms with Gasteiger partial charge in [0.1, 0.15) is 18.0 Å². The molecule has 1 fully saturated rings. The molecule has 144 valence electrons. The van der Waals surface area contributed by atoms with Crippen molar-refractivity contribution in [2.24, 2.45) is 0 Å². The minimum Gasteiger partial charge on any atom is -0.492 e. The molecule has 0 aliphatic carbocycles. The third-order valence-corrected chi connectivity index (χ3v) is 4.13. The number of piperazine rings is 1. The molecule has 0 spiro atoms. The van der Waals surface area contributed by atoms with E-state index in [1.807, 2.05) is 20.8 Å². The number of carboxylic acids is 1. The summed E-state index contributed by atoms with van der Waals surface area (Å²) in [5.41, 5.74) is 0.493. The second kappa shape index (κ2) is 8.40. The van der Waals surface area contributed by atoms with E-state index in [0.717, 1.165) is 19.6 Å². The van der Waals surface area contributed by atoms with Gasteiger partial charge in [-0.15, -0.1) is 0 Å². The lowest BCUT2D eigenvalue weighted by Gasteiger charge is -2.35. The van der Waals surface area contributed by atoms with Crippen LogP contribution < -0.4 is 4.74 Å². The van der Waals surface area contributed by atoms with Crippen LogP contribution in [0.15, 0.2) is 18.2 Å². The SMILES string of the molecule is Cc1cc(OCCN2CCN(C(=O)OC(C)(C)C)CC2)ccc1C(=O)O. The highest BCUT2D eigenvalue weighted by Gasteiger charge is 2.25. The molecule has 1 amide bonds. The zero-order chi connectivity index (χ0) is 19.3. The van der Waals surface area contributed by atoms with Gasteiger partial charge in [0.15, 0.2) is 0 Å². The molecular formula is C19H28N2O5. The monoisotopic (exact) mass is 364 g/mol. The molecule has 1 aromatic rings. The largest absolute Gasteiger partial charge is 0.492 e. The van der Waals surface area contributed by atoms with Gasteiger partial charge in [-0.2, -0.15) is 0 Å². The Labute approximate surface area is 154 Å². The van der Waals surface area contributed by atoms with Crippen molar-refractivity contribution < 1.29 is 24.2 Å². The molecule has 0 atom stereocenters. The Hall–Kier alpha value is -2.28. The van der Waals surface area contributed by atoms with Gasteiger partial charge in [0.2, 0.25) is 0 Å². The summed E-state index contributed by atoms with van der Waals surface area (Å²) in [6.45, 7) is 11.4. The zero-order valence-electron chi connectivity index (χ0n) is 15.9. The maximum absolute atomic E-state index is 12.0. The van der Waals surface area contributed by atoms with Crippen molar-refractivity contribution in [2.75, 3.05) is 39.3 Å². The molecule has 0 aromatic heterocycles. The molecule has 7 heteroatoms. The fourth-order valence-electron chi connectivity index (χ4n) is 2.74. The summed E-state index contributed by atoms with van der Waals surface area (Å²) >= 11 is 0. The van der Waals surface area contributed by atoms with E-state index in [0.29, 0.717) is 31.0 Å². The molecule has 26 heavy (non-hydrogen) atoms. The van der Waals surface area contributed by atoms with Gasteiger partial charge in [0, 0.05) is 32.7 Å². The third kappa shape index (κ3) is 5.91. The van der Waals surface area contributed by atoms with Crippen LogP contribution in [0, 0.1) is 6.92 Å². The Morgan fingerprint density at radius 3 is 2.35 bits per heavy atom. The van der Waals surface area contributed by atoms with Crippen LogP contribution in [0.1, 0.15) is 36.7 Å². The summed E-state index contributed by atoms with van der Waals surface area (Å²) < 4.78 is 11.1. The van der Waals surface area contributed by atoms with Gasteiger partial charge in [0.25, 0.3) is 0 Å². The molecule has 1 heterocycles. The molecule has 7 nitrogen and oxygen atoms in total. The van der Waals surface area contributed by atoms with Crippen LogP contribution in [0.4, 0.5) is 4.79 Å². The minimum absolute atomic E-state index is 0.262. The highest BCUT2D eigenvalue weighted by atomic mass is 16.6. The molecular weight excluding hydrogens is 336 g/mol. The Kier molecular flexibility index (Phi) is 6.47. The lowest BCUT2D eigenvalue weighted by molar-refractivity contribution is 0.0137. The summed E-state index contributed by atoms with van der Waals surface area (Å²) in [5, 5.41) is 9.04. The van der Waals surface area contributed by atoms with E-state index in [9.17, 15) is 9.59 Å². The van der Waals surface area contributed by atoms with E-state index in [1.54, 1.807) is 30.0 Å². The molecule has 1 aliphatic heterocycles. The Morgan fingerprint density at radius 1 is 1.15 bits per heavy atom. The van der Waals surface area contributed by atoms with E-state index < -0.39 is 11.6 Å². The van der Waals surface area contributed by atoms with Crippen molar-refractivity contribution in [3.63, 3.8) is 0 Å². The third-order valence-electron chi connectivity index (χ3n) is 4.13. The fourth-order valence-corrected chi connectivity index (χ4v) is 2.74. The Morgan fingerprint density at radius 2 is 1.81 bits per heavy atom. The first-order valence-corrected chi connectivity index (χ1v) is 8.83. The standard InChI is InChI=1S/C19H28N2O5/c1-14-13-15(5-6-16(14)17(22)23)25-12-11-20-7-9-21(10-8-20)18(24)26-19(2,3)4/h5-6,13H,7-12H2,1-4H3,(H,22,23). The molecule has 1 saturated heterocycles. The fraction of sp³-hybridized carbons (Fsp3) is 0.579. The van der Waals surface area contributed by atoms with Gasteiger partial charge in [0.05, 0.1) is 5.56 Å². The number of aryl methyl sites for hydroxylation is 1. The molecule has 1 N–H and O–H groups in total. The Bertz CT molecular complexity index is 646. The van der Waals surface area contributed by atoms with E-state index in [-0.39, 0.29) is 11.7 Å². The smallest absolute Gasteiger partial charge is 0.410 e. The second-order valence-corrected chi connectivity index (χ2v) is 7.44. The number of rotatable bonds is 5. The zero-order valence-corrected chi connectivity index (χ0v) is 15.9. The molecule has 1 aliphatic rings. The summed E-state index contributed by atoms with van der Waals surface area (Å²) in [7, 11) is 0. The second-order valence-electron chi connectivity index (χ2n) is 7.44. The maximum atomic E-state index is 12.0. The van der Waals surface area contributed by atoms with Gasteiger partial charge in [-0.05, 0) is 51.5 Å². The topological polar surface area (TPSA) is 79.3 Å². The summed E-state index contributed by atoms with van der Waals surface area (Å²) in [6, 6.07) is 4.98.